The van der Waals surface area contributed by atoms with Crippen molar-refractivity contribution in [1.29, 1.82) is 0 Å². The molecule has 0 amide bonds. The zero-order valence-corrected chi connectivity index (χ0v) is 7.15. The number of hydrogen-bond acceptors (Lipinski definition) is 4. The standard InChI is InChI=1S/C8H9N5/c1-5-4-7(12-8(9)11-5)6-2-3-10-13-6/h2-4H,1H3,(H,10,13)(H2,9,11,12). The Hall–Kier alpha value is -1.91. The van der Waals surface area contributed by atoms with E-state index in [1.54, 1.807) is 6.20 Å². The highest BCUT2D eigenvalue weighted by atomic mass is 15.1. The van der Waals surface area contributed by atoms with Gasteiger partial charge in [-0.15, -0.1) is 0 Å². The van der Waals surface area contributed by atoms with Gasteiger partial charge in [0, 0.05) is 11.9 Å². The number of nitrogens with two attached hydrogens (primary N) is 1. The second-order valence-corrected chi connectivity index (χ2v) is 2.72. The third-order valence-corrected chi connectivity index (χ3v) is 1.65. The van der Waals surface area contributed by atoms with Gasteiger partial charge in [-0.05, 0) is 19.1 Å². The molecule has 0 unspecified atom stereocenters. The van der Waals surface area contributed by atoms with Crippen molar-refractivity contribution in [2.75, 3.05) is 5.73 Å². The number of aromatic nitrogens is 4. The van der Waals surface area contributed by atoms with Crippen LogP contribution in [0.1, 0.15) is 5.69 Å². The Morgan fingerprint density at radius 3 is 2.85 bits per heavy atom. The van der Waals surface area contributed by atoms with Gasteiger partial charge in [0.1, 0.15) is 0 Å². The first kappa shape index (κ1) is 7.72. The predicted molar refractivity (Wildman–Crippen MR) is 48.8 cm³/mol. The van der Waals surface area contributed by atoms with Crippen molar-refractivity contribution < 1.29 is 0 Å². The lowest BCUT2D eigenvalue weighted by Gasteiger charge is -1.99. The van der Waals surface area contributed by atoms with E-state index >= 15 is 0 Å². The predicted octanol–water partition coefficient (Wildman–Crippen LogP) is 0.757. The van der Waals surface area contributed by atoms with Gasteiger partial charge >= 0.3 is 0 Å². The molecule has 0 aliphatic carbocycles. The van der Waals surface area contributed by atoms with Crippen molar-refractivity contribution in [3.63, 3.8) is 0 Å². The lowest BCUT2D eigenvalue weighted by molar-refractivity contribution is 1.07. The Kier molecular flexibility index (Phi) is 1.70. The maximum atomic E-state index is 5.51. The monoisotopic (exact) mass is 175 g/mol. The molecule has 0 aliphatic heterocycles. The summed E-state index contributed by atoms with van der Waals surface area (Å²) in [5, 5.41) is 6.64. The maximum absolute atomic E-state index is 5.51. The summed E-state index contributed by atoms with van der Waals surface area (Å²) in [5.41, 5.74) is 7.96. The van der Waals surface area contributed by atoms with Gasteiger partial charge in [-0.25, -0.2) is 9.97 Å². The van der Waals surface area contributed by atoms with E-state index in [0.29, 0.717) is 0 Å². The molecular weight excluding hydrogens is 166 g/mol. The van der Waals surface area contributed by atoms with Crippen LogP contribution in [0, 0.1) is 6.92 Å². The third-order valence-electron chi connectivity index (χ3n) is 1.65. The summed E-state index contributed by atoms with van der Waals surface area (Å²) < 4.78 is 0. The number of aryl methyl sites for hydroxylation is 1. The molecule has 5 nitrogen and oxygen atoms in total. The Balaban J connectivity index is 2.53. The molecule has 2 rings (SSSR count). The number of nitrogen functional groups attached to an aromatic ring is 1. The lowest BCUT2D eigenvalue weighted by Crippen LogP contribution is -1.98. The van der Waals surface area contributed by atoms with Crippen LogP contribution in [-0.2, 0) is 0 Å². The zero-order valence-electron chi connectivity index (χ0n) is 7.15. The summed E-state index contributed by atoms with van der Waals surface area (Å²) in [6.45, 7) is 1.87. The molecule has 0 saturated carbocycles. The molecule has 0 fully saturated rings. The fourth-order valence-electron chi connectivity index (χ4n) is 1.13. The Bertz CT molecular complexity index is 386. The Morgan fingerprint density at radius 1 is 1.38 bits per heavy atom. The molecule has 2 aromatic heterocycles. The summed E-state index contributed by atoms with van der Waals surface area (Å²) in [4.78, 5) is 8.05. The molecule has 0 spiro atoms. The summed E-state index contributed by atoms with van der Waals surface area (Å²) in [7, 11) is 0. The number of aromatic amines is 1. The quantitative estimate of drug-likeness (QED) is 0.670. The summed E-state index contributed by atoms with van der Waals surface area (Å²) in [5.74, 6) is 0.282. The van der Waals surface area contributed by atoms with Gasteiger partial charge in [0.05, 0.1) is 11.4 Å². The second kappa shape index (κ2) is 2.85. The molecular formula is C8H9N5. The molecule has 0 saturated heterocycles. The van der Waals surface area contributed by atoms with E-state index in [9.17, 15) is 0 Å². The van der Waals surface area contributed by atoms with Crippen LogP contribution in [0.2, 0.25) is 0 Å². The minimum atomic E-state index is 0.282. The van der Waals surface area contributed by atoms with Crippen LogP contribution in [0.3, 0.4) is 0 Å². The van der Waals surface area contributed by atoms with Crippen LogP contribution in [0.25, 0.3) is 11.4 Å². The van der Waals surface area contributed by atoms with Gasteiger partial charge in [-0.3, -0.25) is 5.10 Å². The van der Waals surface area contributed by atoms with E-state index in [-0.39, 0.29) is 5.95 Å². The molecule has 0 atom stereocenters. The van der Waals surface area contributed by atoms with Gasteiger partial charge < -0.3 is 5.73 Å². The van der Waals surface area contributed by atoms with Crippen LogP contribution in [-0.4, -0.2) is 20.2 Å². The van der Waals surface area contributed by atoms with E-state index in [1.165, 1.54) is 0 Å². The van der Waals surface area contributed by atoms with Gasteiger partial charge in [0.25, 0.3) is 0 Å². The molecule has 13 heavy (non-hydrogen) atoms. The van der Waals surface area contributed by atoms with Gasteiger partial charge in [-0.1, -0.05) is 0 Å². The molecule has 2 aromatic rings. The lowest BCUT2D eigenvalue weighted by atomic mass is 10.3. The van der Waals surface area contributed by atoms with Crippen molar-refractivity contribution in [2.45, 2.75) is 6.92 Å². The number of nitrogens with one attached hydrogen (secondary N) is 1. The maximum Gasteiger partial charge on any atom is 0.220 e. The van der Waals surface area contributed by atoms with Crippen LogP contribution >= 0.6 is 0 Å². The van der Waals surface area contributed by atoms with E-state index < -0.39 is 0 Å². The highest BCUT2D eigenvalue weighted by molar-refractivity contribution is 5.54. The number of hydrogen-bond donors (Lipinski definition) is 2. The van der Waals surface area contributed by atoms with Crippen molar-refractivity contribution in [1.82, 2.24) is 20.2 Å². The van der Waals surface area contributed by atoms with Crippen LogP contribution in [0.15, 0.2) is 18.3 Å². The van der Waals surface area contributed by atoms with E-state index in [4.69, 9.17) is 5.73 Å². The van der Waals surface area contributed by atoms with Crippen molar-refractivity contribution in [3.05, 3.63) is 24.0 Å². The third kappa shape index (κ3) is 1.48. The SMILES string of the molecule is Cc1cc(-c2ccn[nH]2)nc(N)n1. The fraction of sp³-hybridized carbons (Fsp3) is 0.125. The summed E-state index contributed by atoms with van der Waals surface area (Å²) >= 11 is 0. The largest absolute Gasteiger partial charge is 0.368 e. The Labute approximate surface area is 75.0 Å². The average Bonchev–Trinajstić information content (AvgIpc) is 2.53. The average molecular weight is 175 g/mol. The number of rotatable bonds is 1. The number of anilines is 1. The van der Waals surface area contributed by atoms with Gasteiger partial charge in [0.2, 0.25) is 5.95 Å². The smallest absolute Gasteiger partial charge is 0.220 e. The van der Waals surface area contributed by atoms with Gasteiger partial charge in [0.15, 0.2) is 0 Å². The van der Waals surface area contributed by atoms with Gasteiger partial charge in [-0.2, -0.15) is 5.10 Å². The number of H-pyrrole nitrogens is 1. The molecule has 0 bridgehead atoms. The van der Waals surface area contributed by atoms with Crippen molar-refractivity contribution in [2.24, 2.45) is 0 Å². The molecule has 3 N–H and O–H groups in total. The Morgan fingerprint density at radius 2 is 2.23 bits per heavy atom. The summed E-state index contributed by atoms with van der Waals surface area (Å²) in [6.07, 6.45) is 1.67. The zero-order chi connectivity index (χ0) is 9.26. The first-order chi connectivity index (χ1) is 6.25. The molecule has 0 aromatic carbocycles. The van der Waals surface area contributed by atoms with E-state index in [1.807, 2.05) is 19.1 Å². The normalized spacial score (nSPS) is 10.2. The van der Waals surface area contributed by atoms with Crippen LogP contribution < -0.4 is 5.73 Å². The highest BCUT2D eigenvalue weighted by Gasteiger charge is 2.02. The first-order valence-corrected chi connectivity index (χ1v) is 3.86. The summed E-state index contributed by atoms with van der Waals surface area (Å²) in [6, 6.07) is 3.69. The van der Waals surface area contributed by atoms with Crippen molar-refractivity contribution >= 4 is 5.95 Å². The molecule has 66 valence electrons. The fourth-order valence-corrected chi connectivity index (χ4v) is 1.13. The first-order valence-electron chi connectivity index (χ1n) is 3.86. The molecule has 0 radical (unpaired) electrons. The second-order valence-electron chi connectivity index (χ2n) is 2.72. The molecule has 0 aliphatic rings. The van der Waals surface area contributed by atoms with E-state index in [2.05, 4.69) is 20.2 Å². The number of nitrogens with zero attached hydrogens (tertiary/aromatic N) is 3. The van der Waals surface area contributed by atoms with Crippen LogP contribution in [0.5, 0.6) is 0 Å². The minimum Gasteiger partial charge on any atom is -0.368 e. The minimum absolute atomic E-state index is 0.282. The topological polar surface area (TPSA) is 80.5 Å². The van der Waals surface area contributed by atoms with Crippen LogP contribution in [0.4, 0.5) is 5.95 Å². The highest BCUT2D eigenvalue weighted by Crippen LogP contribution is 2.14. The van der Waals surface area contributed by atoms with E-state index in [0.717, 1.165) is 17.1 Å². The molecule has 2 heterocycles. The van der Waals surface area contributed by atoms with Crippen molar-refractivity contribution in [3.8, 4) is 11.4 Å². The molecule has 5 heteroatoms.